The molecule has 0 bridgehead atoms. The van der Waals surface area contributed by atoms with Gasteiger partial charge in [0.05, 0.1) is 0 Å². The minimum atomic E-state index is -0.132. The minimum absolute atomic E-state index is 0.0958. The molecule has 2 N–H and O–H groups in total. The van der Waals surface area contributed by atoms with Crippen LogP contribution in [0.15, 0.2) is 0 Å². The minimum Gasteiger partial charge on any atom is -0.346 e. The lowest BCUT2D eigenvalue weighted by Gasteiger charge is -2.23. The van der Waals surface area contributed by atoms with Crippen molar-refractivity contribution < 1.29 is 9.59 Å². The van der Waals surface area contributed by atoms with Crippen molar-refractivity contribution in [2.75, 3.05) is 20.6 Å². The Morgan fingerprint density at radius 1 is 1.24 bits per heavy atom. The lowest BCUT2D eigenvalue weighted by molar-refractivity contribution is -0.137. The van der Waals surface area contributed by atoms with Crippen molar-refractivity contribution in [3.63, 3.8) is 0 Å². The van der Waals surface area contributed by atoms with Crippen LogP contribution in [0.3, 0.4) is 0 Å². The van der Waals surface area contributed by atoms with Gasteiger partial charge in [-0.25, -0.2) is 0 Å². The van der Waals surface area contributed by atoms with Crippen LogP contribution >= 0.6 is 0 Å². The van der Waals surface area contributed by atoms with Gasteiger partial charge in [0.2, 0.25) is 5.91 Å². The topological polar surface area (TPSA) is 63.4 Å². The molecule has 0 spiro atoms. The fourth-order valence-electron chi connectivity index (χ4n) is 1.65. The molecule has 0 aliphatic rings. The van der Waals surface area contributed by atoms with Crippen molar-refractivity contribution in [3.05, 3.63) is 0 Å². The number of nitrogens with two attached hydrogens (primary N) is 1. The smallest absolute Gasteiger partial charge is 0.225 e. The first-order valence-corrected chi connectivity index (χ1v) is 6.20. The molecule has 0 heterocycles. The monoisotopic (exact) mass is 244 g/mol. The van der Waals surface area contributed by atoms with E-state index in [4.69, 9.17) is 0 Å². The van der Waals surface area contributed by atoms with Gasteiger partial charge in [0.15, 0.2) is 0 Å². The first kappa shape index (κ1) is 18.5. The normalized spacial score (nSPS) is 11.5. The Hall–Kier alpha value is -0.900. The lowest BCUT2D eigenvalue weighted by atomic mass is 9.91. The van der Waals surface area contributed by atoms with Crippen LogP contribution in [0.25, 0.3) is 0 Å². The Kier molecular flexibility index (Phi) is 11.2. The molecule has 0 aromatic rings. The molecule has 17 heavy (non-hydrogen) atoms. The number of nitrogens with zero attached hydrogens (tertiary/aromatic N) is 1. The van der Waals surface area contributed by atoms with Crippen LogP contribution in [-0.4, -0.2) is 37.2 Å². The molecule has 1 atom stereocenters. The molecule has 0 unspecified atom stereocenters. The van der Waals surface area contributed by atoms with E-state index in [0.29, 0.717) is 18.9 Å². The van der Waals surface area contributed by atoms with E-state index in [0.717, 1.165) is 6.42 Å². The molecular weight excluding hydrogens is 216 g/mol. The summed E-state index contributed by atoms with van der Waals surface area (Å²) in [6.45, 7) is 8.34. The van der Waals surface area contributed by atoms with Gasteiger partial charge >= 0.3 is 0 Å². The van der Waals surface area contributed by atoms with Crippen molar-refractivity contribution in [3.8, 4) is 0 Å². The summed E-state index contributed by atoms with van der Waals surface area (Å²) in [6.07, 6.45) is 1.17. The third-order valence-corrected chi connectivity index (χ3v) is 2.49. The van der Waals surface area contributed by atoms with Gasteiger partial charge in [-0.2, -0.15) is 0 Å². The zero-order chi connectivity index (χ0) is 14.0. The van der Waals surface area contributed by atoms with Crippen LogP contribution in [0, 0.1) is 11.8 Å². The summed E-state index contributed by atoms with van der Waals surface area (Å²) in [5, 5.41) is 0. The molecule has 0 aliphatic carbocycles. The Balaban J connectivity index is 0. The van der Waals surface area contributed by atoms with Crippen molar-refractivity contribution in [1.82, 2.24) is 4.90 Å². The summed E-state index contributed by atoms with van der Waals surface area (Å²) in [5.74, 6) is 0.510. The quantitative estimate of drug-likeness (QED) is 0.773. The molecular formula is C13H28N2O2. The fourth-order valence-corrected chi connectivity index (χ4v) is 1.65. The summed E-state index contributed by atoms with van der Waals surface area (Å²) < 4.78 is 0. The van der Waals surface area contributed by atoms with Gasteiger partial charge in [-0.05, 0) is 33.2 Å². The van der Waals surface area contributed by atoms with E-state index in [-0.39, 0.29) is 17.6 Å². The molecule has 0 aliphatic heterocycles. The van der Waals surface area contributed by atoms with Gasteiger partial charge < -0.3 is 15.4 Å². The number of ketones is 1. The highest BCUT2D eigenvalue weighted by Gasteiger charge is 2.23. The molecule has 0 saturated carbocycles. The summed E-state index contributed by atoms with van der Waals surface area (Å²) >= 11 is 0. The third kappa shape index (κ3) is 8.86. The van der Waals surface area contributed by atoms with Crippen LogP contribution in [-0.2, 0) is 9.59 Å². The van der Waals surface area contributed by atoms with Crippen molar-refractivity contribution in [2.24, 2.45) is 17.6 Å². The number of Topliss-reactive ketones (excluding diaryl/α,β-unsaturated/α-hetero) is 1. The molecule has 0 aromatic heterocycles. The number of rotatable bonds is 6. The van der Waals surface area contributed by atoms with Gasteiger partial charge in [-0.3, -0.25) is 4.79 Å². The first-order chi connectivity index (χ1) is 7.88. The molecule has 0 fully saturated rings. The van der Waals surface area contributed by atoms with Crippen LogP contribution in [0.4, 0.5) is 0 Å². The van der Waals surface area contributed by atoms with Crippen molar-refractivity contribution >= 4 is 11.7 Å². The van der Waals surface area contributed by atoms with Crippen molar-refractivity contribution in [1.29, 1.82) is 0 Å². The SMILES string of the molecule is CCN(C)C(=O)[C@@H](CC(C)=O)CC(C)C.CN. The predicted octanol–water partition coefficient (Wildman–Crippen LogP) is 1.68. The summed E-state index contributed by atoms with van der Waals surface area (Å²) in [6, 6.07) is 0. The average Bonchev–Trinajstić information content (AvgIpc) is 2.27. The predicted molar refractivity (Wildman–Crippen MR) is 71.7 cm³/mol. The zero-order valence-corrected chi connectivity index (χ0v) is 12.1. The second-order valence-corrected chi connectivity index (χ2v) is 4.59. The summed E-state index contributed by atoms with van der Waals surface area (Å²) in [7, 11) is 3.29. The van der Waals surface area contributed by atoms with Gasteiger partial charge in [0.25, 0.3) is 0 Å². The second-order valence-electron chi connectivity index (χ2n) is 4.59. The maximum absolute atomic E-state index is 11.9. The van der Waals surface area contributed by atoms with Gasteiger partial charge in [-0.1, -0.05) is 13.8 Å². The van der Waals surface area contributed by atoms with E-state index in [1.165, 1.54) is 7.05 Å². The van der Waals surface area contributed by atoms with E-state index < -0.39 is 0 Å². The molecule has 0 rings (SSSR count). The number of hydrogen-bond acceptors (Lipinski definition) is 3. The Morgan fingerprint density at radius 2 is 1.71 bits per heavy atom. The molecule has 102 valence electrons. The highest BCUT2D eigenvalue weighted by atomic mass is 16.2. The lowest BCUT2D eigenvalue weighted by Crippen LogP contribution is -2.34. The van der Waals surface area contributed by atoms with Gasteiger partial charge in [-0.15, -0.1) is 0 Å². The number of hydrogen-bond donors (Lipinski definition) is 1. The van der Waals surface area contributed by atoms with E-state index >= 15 is 0 Å². The number of carbonyl (C=O) groups is 2. The fraction of sp³-hybridized carbons (Fsp3) is 0.846. The molecule has 0 radical (unpaired) electrons. The van der Waals surface area contributed by atoms with Crippen LogP contribution in [0.1, 0.15) is 40.5 Å². The van der Waals surface area contributed by atoms with E-state index in [1.54, 1.807) is 18.9 Å². The summed E-state index contributed by atoms with van der Waals surface area (Å²) in [4.78, 5) is 24.7. The highest BCUT2D eigenvalue weighted by Crippen LogP contribution is 2.18. The first-order valence-electron chi connectivity index (χ1n) is 6.20. The number of carbonyl (C=O) groups excluding carboxylic acids is 2. The maximum Gasteiger partial charge on any atom is 0.225 e. The van der Waals surface area contributed by atoms with Crippen LogP contribution in [0.2, 0.25) is 0 Å². The summed E-state index contributed by atoms with van der Waals surface area (Å²) in [5.41, 5.74) is 4.50. The standard InChI is InChI=1S/C12H23NO2.CH5N/c1-6-13(5)12(15)11(7-9(2)3)8-10(4)14;1-2/h9,11H,6-8H2,1-5H3;2H2,1H3/t11-;/m1./s1. The van der Waals surface area contributed by atoms with Crippen LogP contribution in [0.5, 0.6) is 0 Å². The average molecular weight is 244 g/mol. The molecule has 4 heteroatoms. The molecule has 1 amide bonds. The maximum atomic E-state index is 11.9. The van der Waals surface area contributed by atoms with Crippen molar-refractivity contribution in [2.45, 2.75) is 40.5 Å². The van der Waals surface area contributed by atoms with E-state index in [1.807, 2.05) is 6.92 Å². The largest absolute Gasteiger partial charge is 0.346 e. The third-order valence-electron chi connectivity index (χ3n) is 2.49. The molecule has 0 saturated heterocycles. The second kappa shape index (κ2) is 10.3. The highest BCUT2D eigenvalue weighted by molar-refractivity contribution is 5.85. The van der Waals surface area contributed by atoms with Gasteiger partial charge in [0, 0.05) is 25.9 Å². The van der Waals surface area contributed by atoms with Crippen LogP contribution < -0.4 is 5.73 Å². The van der Waals surface area contributed by atoms with E-state index in [9.17, 15) is 9.59 Å². The number of amides is 1. The molecule has 4 nitrogen and oxygen atoms in total. The Morgan fingerprint density at radius 3 is 2.00 bits per heavy atom. The van der Waals surface area contributed by atoms with E-state index in [2.05, 4.69) is 19.6 Å². The zero-order valence-electron chi connectivity index (χ0n) is 12.1. The Labute approximate surface area is 106 Å². The Bertz CT molecular complexity index is 227. The molecule has 0 aromatic carbocycles. The van der Waals surface area contributed by atoms with Gasteiger partial charge in [0.1, 0.15) is 5.78 Å².